The van der Waals surface area contributed by atoms with Gasteiger partial charge in [-0.1, -0.05) is 12.1 Å². The number of benzene rings is 2. The number of rotatable bonds is 2. The normalized spacial score (nSPS) is 11.3. The summed E-state index contributed by atoms with van der Waals surface area (Å²) in [5.41, 5.74) is 5.97. The van der Waals surface area contributed by atoms with Crippen LogP contribution in [0.4, 0.5) is 0 Å². The number of hydrogen-bond acceptors (Lipinski definition) is 2. The maximum atomic E-state index is 4.81. The van der Waals surface area contributed by atoms with Crippen molar-refractivity contribution in [2.75, 3.05) is 0 Å². The van der Waals surface area contributed by atoms with Crippen molar-refractivity contribution in [3.8, 4) is 16.3 Å². The minimum absolute atomic E-state index is 1.08. The summed E-state index contributed by atoms with van der Waals surface area (Å²) in [5.74, 6) is 0. The molecular formula is C19H15IN2S. The van der Waals surface area contributed by atoms with Gasteiger partial charge in [-0.25, -0.2) is 4.98 Å². The van der Waals surface area contributed by atoms with Crippen LogP contribution >= 0.6 is 33.9 Å². The number of thiazole rings is 1. The lowest BCUT2D eigenvalue weighted by Crippen LogP contribution is -1.98. The molecule has 0 N–H and O–H groups in total. The van der Waals surface area contributed by atoms with Crippen LogP contribution in [0.15, 0.2) is 54.6 Å². The molecule has 0 spiro atoms. The lowest BCUT2D eigenvalue weighted by atomic mass is 10.2. The summed E-state index contributed by atoms with van der Waals surface area (Å²) in [6.45, 7) is 4.33. The Morgan fingerprint density at radius 3 is 2.48 bits per heavy atom. The molecule has 0 unspecified atom stereocenters. The average Bonchev–Trinajstić information content (AvgIpc) is 3.09. The van der Waals surface area contributed by atoms with Crippen molar-refractivity contribution < 1.29 is 0 Å². The molecule has 0 aliphatic rings. The van der Waals surface area contributed by atoms with E-state index >= 15 is 0 Å². The molecule has 0 atom stereocenters. The third-order valence-corrected chi connectivity index (χ3v) is 5.83. The van der Waals surface area contributed by atoms with Crippen molar-refractivity contribution in [2.24, 2.45) is 0 Å². The second-order valence-corrected chi connectivity index (χ2v) is 7.86. The number of halogens is 1. The predicted molar refractivity (Wildman–Crippen MR) is 107 cm³/mol. The summed E-state index contributed by atoms with van der Waals surface area (Å²) < 4.78 is 4.79. The maximum absolute atomic E-state index is 4.81. The molecule has 2 aromatic carbocycles. The minimum Gasteiger partial charge on any atom is -0.318 e. The number of nitrogens with zero attached hydrogens (tertiary/aromatic N) is 2. The van der Waals surface area contributed by atoms with Crippen molar-refractivity contribution in [1.82, 2.24) is 9.55 Å². The number of para-hydroxylation sites is 1. The third kappa shape index (κ3) is 2.60. The molecule has 0 saturated heterocycles. The van der Waals surface area contributed by atoms with Crippen LogP contribution in [0.2, 0.25) is 0 Å². The van der Waals surface area contributed by atoms with Gasteiger partial charge in [0.05, 0.1) is 10.2 Å². The van der Waals surface area contributed by atoms with Gasteiger partial charge in [-0.15, -0.1) is 11.3 Å². The van der Waals surface area contributed by atoms with E-state index in [1.165, 1.54) is 30.9 Å². The van der Waals surface area contributed by atoms with E-state index in [9.17, 15) is 0 Å². The third-order valence-electron chi connectivity index (χ3n) is 4.04. The van der Waals surface area contributed by atoms with E-state index in [1.807, 2.05) is 6.07 Å². The summed E-state index contributed by atoms with van der Waals surface area (Å²) in [4.78, 5) is 4.81. The standard InChI is InChI=1S/C19H15IN2S/c1-12-11-16(19-21-17-5-3-4-6-18(17)23-19)13(2)22(12)15-9-7-14(20)8-10-15/h3-11H,1-2H3. The van der Waals surface area contributed by atoms with Crippen LogP contribution in [-0.2, 0) is 0 Å². The molecule has 4 heteroatoms. The molecule has 0 amide bonds. The monoisotopic (exact) mass is 430 g/mol. The number of aromatic nitrogens is 2. The molecule has 0 aliphatic carbocycles. The molecule has 114 valence electrons. The van der Waals surface area contributed by atoms with Gasteiger partial charge >= 0.3 is 0 Å². The van der Waals surface area contributed by atoms with Crippen LogP contribution in [0.5, 0.6) is 0 Å². The Balaban J connectivity index is 1.87. The number of fused-ring (bicyclic) bond motifs is 1. The smallest absolute Gasteiger partial charge is 0.126 e. The van der Waals surface area contributed by atoms with Gasteiger partial charge in [0.25, 0.3) is 0 Å². The van der Waals surface area contributed by atoms with Gasteiger partial charge in [-0.3, -0.25) is 0 Å². The van der Waals surface area contributed by atoms with E-state index in [4.69, 9.17) is 4.98 Å². The first kappa shape index (κ1) is 14.9. The zero-order valence-electron chi connectivity index (χ0n) is 12.9. The van der Waals surface area contributed by atoms with Crippen LogP contribution in [0.3, 0.4) is 0 Å². The van der Waals surface area contributed by atoms with E-state index in [0.717, 1.165) is 10.5 Å². The number of hydrogen-bond donors (Lipinski definition) is 0. The van der Waals surface area contributed by atoms with Crippen molar-refractivity contribution in [3.63, 3.8) is 0 Å². The summed E-state index contributed by atoms with van der Waals surface area (Å²) in [5, 5.41) is 1.09. The zero-order chi connectivity index (χ0) is 16.0. The molecule has 0 aliphatic heterocycles. The lowest BCUT2D eigenvalue weighted by Gasteiger charge is -2.09. The van der Waals surface area contributed by atoms with E-state index in [2.05, 4.69) is 89.5 Å². The SMILES string of the molecule is Cc1cc(-c2nc3ccccc3s2)c(C)n1-c1ccc(I)cc1. The van der Waals surface area contributed by atoms with Gasteiger partial charge in [-0.05, 0) is 78.9 Å². The highest BCUT2D eigenvalue weighted by Gasteiger charge is 2.15. The van der Waals surface area contributed by atoms with Gasteiger partial charge in [-0.2, -0.15) is 0 Å². The highest BCUT2D eigenvalue weighted by molar-refractivity contribution is 14.1. The van der Waals surface area contributed by atoms with Gasteiger partial charge in [0, 0.05) is 26.2 Å². The Labute approximate surface area is 152 Å². The Morgan fingerprint density at radius 1 is 1.00 bits per heavy atom. The highest BCUT2D eigenvalue weighted by atomic mass is 127. The number of aryl methyl sites for hydroxylation is 1. The van der Waals surface area contributed by atoms with Gasteiger partial charge < -0.3 is 4.57 Å². The second-order valence-electron chi connectivity index (χ2n) is 5.58. The predicted octanol–water partition coefficient (Wildman–Crippen LogP) is 5.98. The quantitative estimate of drug-likeness (QED) is 0.358. The van der Waals surface area contributed by atoms with Crippen molar-refractivity contribution in [1.29, 1.82) is 0 Å². The average molecular weight is 430 g/mol. The maximum Gasteiger partial charge on any atom is 0.126 e. The van der Waals surface area contributed by atoms with E-state index < -0.39 is 0 Å². The fourth-order valence-corrected chi connectivity index (χ4v) is 4.35. The first-order valence-electron chi connectivity index (χ1n) is 7.44. The Morgan fingerprint density at radius 2 is 1.74 bits per heavy atom. The molecule has 23 heavy (non-hydrogen) atoms. The Bertz CT molecular complexity index is 963. The molecule has 0 radical (unpaired) electrons. The topological polar surface area (TPSA) is 17.8 Å². The first-order valence-corrected chi connectivity index (χ1v) is 9.34. The van der Waals surface area contributed by atoms with Gasteiger partial charge in [0.15, 0.2) is 0 Å². The van der Waals surface area contributed by atoms with Crippen LogP contribution < -0.4 is 0 Å². The molecular weight excluding hydrogens is 415 g/mol. The molecule has 4 rings (SSSR count). The second kappa shape index (κ2) is 5.76. The van der Waals surface area contributed by atoms with E-state index in [0.29, 0.717) is 0 Å². The van der Waals surface area contributed by atoms with E-state index in [1.54, 1.807) is 11.3 Å². The molecule has 4 aromatic rings. The summed E-state index contributed by atoms with van der Waals surface area (Å²) in [6, 6.07) is 19.2. The molecule has 2 aromatic heterocycles. The van der Waals surface area contributed by atoms with Crippen LogP contribution in [0.1, 0.15) is 11.4 Å². The summed E-state index contributed by atoms with van der Waals surface area (Å²) in [6.07, 6.45) is 0. The van der Waals surface area contributed by atoms with Crippen LogP contribution in [-0.4, -0.2) is 9.55 Å². The molecule has 0 fully saturated rings. The summed E-state index contributed by atoms with van der Waals surface area (Å²) in [7, 11) is 0. The molecule has 2 heterocycles. The Hall–Kier alpha value is -1.66. The van der Waals surface area contributed by atoms with Crippen molar-refractivity contribution in [2.45, 2.75) is 13.8 Å². The zero-order valence-corrected chi connectivity index (χ0v) is 15.9. The van der Waals surface area contributed by atoms with E-state index in [-0.39, 0.29) is 0 Å². The van der Waals surface area contributed by atoms with Crippen LogP contribution in [0, 0.1) is 17.4 Å². The minimum atomic E-state index is 1.08. The lowest BCUT2D eigenvalue weighted by molar-refractivity contribution is 0.966. The fourth-order valence-electron chi connectivity index (χ4n) is 2.95. The largest absolute Gasteiger partial charge is 0.318 e. The summed E-state index contributed by atoms with van der Waals surface area (Å²) >= 11 is 4.10. The fraction of sp³-hybridized carbons (Fsp3) is 0.105. The Kier molecular flexibility index (Phi) is 3.73. The highest BCUT2D eigenvalue weighted by Crippen LogP contribution is 2.34. The molecule has 0 bridgehead atoms. The van der Waals surface area contributed by atoms with Crippen molar-refractivity contribution in [3.05, 3.63) is 69.6 Å². The molecule has 2 nitrogen and oxygen atoms in total. The molecule has 0 saturated carbocycles. The van der Waals surface area contributed by atoms with Gasteiger partial charge in [0.2, 0.25) is 0 Å². The van der Waals surface area contributed by atoms with Crippen LogP contribution in [0.25, 0.3) is 26.5 Å². The first-order chi connectivity index (χ1) is 11.1. The van der Waals surface area contributed by atoms with Gasteiger partial charge in [0.1, 0.15) is 5.01 Å². The van der Waals surface area contributed by atoms with Crippen molar-refractivity contribution >= 4 is 44.1 Å².